The SMILES string of the molecule is CCCc1c(C=C(C)C(=O)OCC)cccc1C(N)=O. The summed E-state index contributed by atoms with van der Waals surface area (Å²) in [6, 6.07) is 5.36. The van der Waals surface area contributed by atoms with Gasteiger partial charge in [-0.05, 0) is 43.5 Å². The average molecular weight is 275 g/mol. The zero-order valence-corrected chi connectivity index (χ0v) is 12.2. The molecule has 0 fully saturated rings. The van der Waals surface area contributed by atoms with Crippen molar-refractivity contribution in [2.24, 2.45) is 5.73 Å². The predicted molar refractivity (Wildman–Crippen MR) is 79.2 cm³/mol. The molecule has 4 heteroatoms. The van der Waals surface area contributed by atoms with Crippen molar-refractivity contribution in [1.29, 1.82) is 0 Å². The molecule has 1 rings (SSSR count). The number of nitrogens with two attached hydrogens (primary N) is 1. The molecule has 0 aromatic heterocycles. The van der Waals surface area contributed by atoms with Crippen LogP contribution in [0.2, 0.25) is 0 Å². The van der Waals surface area contributed by atoms with E-state index in [9.17, 15) is 9.59 Å². The van der Waals surface area contributed by atoms with E-state index in [0.29, 0.717) is 17.7 Å². The van der Waals surface area contributed by atoms with Crippen LogP contribution < -0.4 is 5.73 Å². The van der Waals surface area contributed by atoms with Gasteiger partial charge in [-0.25, -0.2) is 4.79 Å². The molecule has 2 N–H and O–H groups in total. The van der Waals surface area contributed by atoms with Crippen molar-refractivity contribution in [3.63, 3.8) is 0 Å². The first-order valence-corrected chi connectivity index (χ1v) is 6.78. The minimum absolute atomic E-state index is 0.340. The Hall–Kier alpha value is -2.10. The second-order valence-corrected chi connectivity index (χ2v) is 4.54. The average Bonchev–Trinajstić information content (AvgIpc) is 2.40. The van der Waals surface area contributed by atoms with Gasteiger partial charge in [0.15, 0.2) is 0 Å². The van der Waals surface area contributed by atoms with Crippen LogP contribution in [0, 0.1) is 0 Å². The molecule has 1 amide bonds. The minimum Gasteiger partial charge on any atom is -0.463 e. The summed E-state index contributed by atoms with van der Waals surface area (Å²) in [4.78, 5) is 23.1. The van der Waals surface area contributed by atoms with Gasteiger partial charge >= 0.3 is 5.97 Å². The van der Waals surface area contributed by atoms with Crippen LogP contribution in [0.1, 0.15) is 48.7 Å². The van der Waals surface area contributed by atoms with E-state index in [1.54, 1.807) is 32.1 Å². The Kier molecular flexibility index (Phi) is 5.97. The molecule has 0 aliphatic heterocycles. The second kappa shape index (κ2) is 7.48. The fraction of sp³-hybridized carbons (Fsp3) is 0.375. The molecule has 0 saturated carbocycles. The highest BCUT2D eigenvalue weighted by Crippen LogP contribution is 2.20. The number of carbonyl (C=O) groups is 2. The largest absolute Gasteiger partial charge is 0.463 e. The fourth-order valence-electron chi connectivity index (χ4n) is 2.04. The van der Waals surface area contributed by atoms with Crippen molar-refractivity contribution in [2.45, 2.75) is 33.6 Å². The number of benzene rings is 1. The minimum atomic E-state index is -0.447. The van der Waals surface area contributed by atoms with Crippen molar-refractivity contribution < 1.29 is 14.3 Å². The summed E-state index contributed by atoms with van der Waals surface area (Å²) in [7, 11) is 0. The number of carbonyl (C=O) groups excluding carboxylic acids is 2. The molecule has 0 unspecified atom stereocenters. The lowest BCUT2D eigenvalue weighted by Crippen LogP contribution is -2.14. The molecule has 0 aliphatic carbocycles. The van der Waals surface area contributed by atoms with Gasteiger partial charge in [-0.2, -0.15) is 0 Å². The molecule has 0 radical (unpaired) electrons. The lowest BCUT2D eigenvalue weighted by Gasteiger charge is -2.10. The summed E-state index contributed by atoms with van der Waals surface area (Å²) in [6.45, 7) is 5.84. The summed E-state index contributed by atoms with van der Waals surface area (Å²) in [5, 5.41) is 0. The lowest BCUT2D eigenvalue weighted by molar-refractivity contribution is -0.138. The van der Waals surface area contributed by atoms with Crippen molar-refractivity contribution >= 4 is 18.0 Å². The van der Waals surface area contributed by atoms with Gasteiger partial charge in [0.25, 0.3) is 0 Å². The fourth-order valence-corrected chi connectivity index (χ4v) is 2.04. The van der Waals surface area contributed by atoms with Gasteiger partial charge in [0, 0.05) is 11.1 Å². The van der Waals surface area contributed by atoms with E-state index in [0.717, 1.165) is 24.0 Å². The van der Waals surface area contributed by atoms with Gasteiger partial charge in [0.05, 0.1) is 6.61 Å². The van der Waals surface area contributed by atoms with Crippen molar-refractivity contribution in [3.8, 4) is 0 Å². The lowest BCUT2D eigenvalue weighted by atomic mass is 9.95. The van der Waals surface area contributed by atoms with Gasteiger partial charge in [-0.15, -0.1) is 0 Å². The molecule has 20 heavy (non-hydrogen) atoms. The number of primary amides is 1. The van der Waals surface area contributed by atoms with Crippen LogP contribution in [-0.4, -0.2) is 18.5 Å². The molecule has 0 saturated heterocycles. The molecular weight excluding hydrogens is 254 g/mol. The molecule has 1 aromatic rings. The molecule has 0 bridgehead atoms. The molecular formula is C16H21NO3. The van der Waals surface area contributed by atoms with E-state index in [2.05, 4.69) is 0 Å². The first kappa shape index (κ1) is 16.0. The quantitative estimate of drug-likeness (QED) is 0.641. The molecule has 0 spiro atoms. The predicted octanol–water partition coefficient (Wildman–Crippen LogP) is 2.70. The van der Waals surface area contributed by atoms with E-state index in [1.165, 1.54) is 0 Å². The van der Waals surface area contributed by atoms with E-state index in [4.69, 9.17) is 10.5 Å². The summed E-state index contributed by atoms with van der Waals surface area (Å²) in [5.74, 6) is -0.795. The Bertz CT molecular complexity index is 533. The summed E-state index contributed by atoms with van der Waals surface area (Å²) < 4.78 is 4.95. The Balaban J connectivity index is 3.23. The van der Waals surface area contributed by atoms with Crippen LogP contribution in [0.5, 0.6) is 0 Å². The molecule has 0 heterocycles. The Morgan fingerprint density at radius 3 is 2.55 bits per heavy atom. The number of amides is 1. The van der Waals surface area contributed by atoms with Gasteiger partial charge in [0.1, 0.15) is 0 Å². The first-order valence-electron chi connectivity index (χ1n) is 6.78. The highest BCUT2D eigenvalue weighted by molar-refractivity contribution is 5.97. The van der Waals surface area contributed by atoms with Crippen LogP contribution in [0.15, 0.2) is 23.8 Å². The second-order valence-electron chi connectivity index (χ2n) is 4.54. The van der Waals surface area contributed by atoms with Crippen molar-refractivity contribution in [1.82, 2.24) is 0 Å². The summed E-state index contributed by atoms with van der Waals surface area (Å²) in [5.41, 5.74) is 8.14. The maximum atomic E-state index is 11.7. The molecule has 0 aliphatic rings. The maximum absolute atomic E-state index is 11.7. The van der Waals surface area contributed by atoms with Crippen molar-refractivity contribution in [2.75, 3.05) is 6.61 Å². The standard InChI is InChI=1S/C16H21NO3/c1-4-7-13-12(8-6-9-14(13)15(17)18)10-11(3)16(19)20-5-2/h6,8-10H,4-5,7H2,1-3H3,(H2,17,18). The zero-order chi connectivity index (χ0) is 15.1. The normalized spacial score (nSPS) is 11.2. The number of ether oxygens (including phenoxy) is 1. The van der Waals surface area contributed by atoms with Gasteiger partial charge in [-0.1, -0.05) is 25.5 Å². The van der Waals surface area contributed by atoms with Gasteiger partial charge in [0.2, 0.25) is 5.91 Å². The molecule has 1 aromatic carbocycles. The van der Waals surface area contributed by atoms with E-state index in [-0.39, 0.29) is 5.97 Å². The van der Waals surface area contributed by atoms with Crippen LogP contribution in [0.4, 0.5) is 0 Å². The highest BCUT2D eigenvalue weighted by atomic mass is 16.5. The molecule has 108 valence electrons. The highest BCUT2D eigenvalue weighted by Gasteiger charge is 2.12. The Labute approximate surface area is 119 Å². The van der Waals surface area contributed by atoms with Crippen LogP contribution in [0.25, 0.3) is 6.08 Å². The summed E-state index contributed by atoms with van der Waals surface area (Å²) >= 11 is 0. The zero-order valence-electron chi connectivity index (χ0n) is 12.2. The van der Waals surface area contributed by atoms with E-state index in [1.807, 2.05) is 13.0 Å². The van der Waals surface area contributed by atoms with Crippen LogP contribution >= 0.6 is 0 Å². The third-order valence-corrected chi connectivity index (χ3v) is 2.95. The third-order valence-electron chi connectivity index (χ3n) is 2.95. The van der Waals surface area contributed by atoms with Crippen LogP contribution in [0.3, 0.4) is 0 Å². The number of hydrogen-bond acceptors (Lipinski definition) is 3. The van der Waals surface area contributed by atoms with Crippen LogP contribution in [-0.2, 0) is 16.0 Å². The molecule has 4 nitrogen and oxygen atoms in total. The smallest absolute Gasteiger partial charge is 0.333 e. The topological polar surface area (TPSA) is 69.4 Å². The van der Waals surface area contributed by atoms with Gasteiger partial charge < -0.3 is 10.5 Å². The van der Waals surface area contributed by atoms with E-state index >= 15 is 0 Å². The number of esters is 1. The monoisotopic (exact) mass is 275 g/mol. The summed E-state index contributed by atoms with van der Waals surface area (Å²) in [6.07, 6.45) is 3.38. The van der Waals surface area contributed by atoms with Crippen molar-refractivity contribution in [3.05, 3.63) is 40.5 Å². The molecule has 0 atom stereocenters. The third kappa shape index (κ3) is 3.95. The number of hydrogen-bond donors (Lipinski definition) is 1. The number of rotatable bonds is 6. The first-order chi connectivity index (χ1) is 9.51. The van der Waals surface area contributed by atoms with E-state index < -0.39 is 5.91 Å². The Morgan fingerprint density at radius 2 is 2.00 bits per heavy atom. The van der Waals surface area contributed by atoms with Gasteiger partial charge in [-0.3, -0.25) is 4.79 Å². The maximum Gasteiger partial charge on any atom is 0.333 e. The Morgan fingerprint density at radius 1 is 1.30 bits per heavy atom.